The molecule has 0 rings (SSSR count). The first-order valence-corrected chi connectivity index (χ1v) is 6.60. The van der Waals surface area contributed by atoms with Crippen molar-refractivity contribution in [2.24, 2.45) is 11.7 Å². The summed E-state index contributed by atoms with van der Waals surface area (Å²) in [4.78, 5) is 35.3. The van der Waals surface area contributed by atoms with Crippen LogP contribution in [-0.2, 0) is 19.1 Å². The van der Waals surface area contributed by atoms with E-state index in [1.165, 1.54) is 12.0 Å². The minimum absolute atomic E-state index is 0.0843. The molecule has 0 saturated heterocycles. The van der Waals surface area contributed by atoms with Gasteiger partial charge in [0.25, 0.3) is 0 Å². The maximum atomic E-state index is 12.1. The Morgan fingerprint density at radius 3 is 2.30 bits per heavy atom. The van der Waals surface area contributed by atoms with E-state index in [2.05, 4.69) is 4.74 Å². The molecule has 20 heavy (non-hydrogen) atoms. The molecule has 0 saturated carbocycles. The van der Waals surface area contributed by atoms with Crippen molar-refractivity contribution in [1.82, 2.24) is 4.90 Å². The highest BCUT2D eigenvalue weighted by molar-refractivity contribution is 5.82. The molecule has 1 amide bonds. The molecule has 0 radical (unpaired) electrons. The van der Waals surface area contributed by atoms with Crippen LogP contribution in [0.1, 0.15) is 33.1 Å². The number of hydrogen-bond acceptors (Lipinski definition) is 5. The highest BCUT2D eigenvalue weighted by Gasteiger charge is 2.23. The van der Waals surface area contributed by atoms with Gasteiger partial charge in [0.1, 0.15) is 0 Å². The second kappa shape index (κ2) is 9.30. The second-order valence-corrected chi connectivity index (χ2v) is 5.04. The molecule has 3 N–H and O–H groups in total. The fraction of sp³-hybridized carbons (Fsp3) is 0.769. The number of rotatable bonds is 9. The van der Waals surface area contributed by atoms with Gasteiger partial charge >= 0.3 is 11.9 Å². The molecule has 0 aliphatic rings. The highest BCUT2D eigenvalue weighted by Crippen LogP contribution is 2.06. The maximum Gasteiger partial charge on any atom is 0.307 e. The van der Waals surface area contributed by atoms with Crippen molar-refractivity contribution in [1.29, 1.82) is 0 Å². The summed E-state index contributed by atoms with van der Waals surface area (Å²) in [6, 6.07) is -0.859. The predicted octanol–water partition coefficient (Wildman–Crippen LogP) is 0.226. The summed E-state index contributed by atoms with van der Waals surface area (Å²) in [6.07, 6.45) is 0.0288. The first-order chi connectivity index (χ1) is 9.27. The van der Waals surface area contributed by atoms with Crippen LogP contribution in [0.25, 0.3) is 0 Å². The first kappa shape index (κ1) is 18.4. The van der Waals surface area contributed by atoms with Crippen molar-refractivity contribution in [3.63, 3.8) is 0 Å². The van der Waals surface area contributed by atoms with Crippen molar-refractivity contribution >= 4 is 17.8 Å². The summed E-state index contributed by atoms with van der Waals surface area (Å²) in [6.45, 7) is 4.59. The van der Waals surface area contributed by atoms with Crippen molar-refractivity contribution in [2.45, 2.75) is 39.2 Å². The van der Waals surface area contributed by atoms with Crippen LogP contribution in [0.3, 0.4) is 0 Å². The Morgan fingerprint density at radius 1 is 1.25 bits per heavy atom. The van der Waals surface area contributed by atoms with E-state index in [1.54, 1.807) is 0 Å². The first-order valence-electron chi connectivity index (χ1n) is 6.60. The molecule has 1 unspecified atom stereocenters. The highest BCUT2D eigenvalue weighted by atomic mass is 16.5. The number of amides is 1. The van der Waals surface area contributed by atoms with Crippen LogP contribution in [0.4, 0.5) is 0 Å². The Labute approximate surface area is 119 Å². The summed E-state index contributed by atoms with van der Waals surface area (Å²) < 4.78 is 4.54. The third-order valence-electron chi connectivity index (χ3n) is 2.70. The van der Waals surface area contributed by atoms with Crippen molar-refractivity contribution in [3.05, 3.63) is 0 Å². The smallest absolute Gasteiger partial charge is 0.307 e. The monoisotopic (exact) mass is 288 g/mol. The largest absolute Gasteiger partial charge is 0.481 e. The van der Waals surface area contributed by atoms with E-state index in [0.29, 0.717) is 6.54 Å². The molecule has 7 nitrogen and oxygen atoms in total. The van der Waals surface area contributed by atoms with Gasteiger partial charge < -0.3 is 20.5 Å². The topological polar surface area (TPSA) is 110 Å². The average molecular weight is 288 g/mol. The number of nitrogens with two attached hydrogens (primary N) is 1. The molecule has 0 bridgehead atoms. The predicted molar refractivity (Wildman–Crippen MR) is 72.9 cm³/mol. The number of carboxylic acids is 1. The quantitative estimate of drug-likeness (QED) is 0.587. The van der Waals surface area contributed by atoms with E-state index in [1.807, 2.05) is 13.8 Å². The summed E-state index contributed by atoms with van der Waals surface area (Å²) in [7, 11) is 1.29. The number of carbonyl (C=O) groups is 3. The van der Waals surface area contributed by atoms with Crippen LogP contribution in [0.15, 0.2) is 0 Å². The molecule has 0 aliphatic carbocycles. The fourth-order valence-electron chi connectivity index (χ4n) is 1.70. The lowest BCUT2D eigenvalue weighted by molar-refractivity contribution is -0.142. The maximum absolute atomic E-state index is 12.1. The van der Waals surface area contributed by atoms with Crippen molar-refractivity contribution < 1.29 is 24.2 Å². The Kier molecular flexibility index (Phi) is 8.54. The normalized spacial score (nSPS) is 12.1. The molecule has 0 aromatic carbocycles. The zero-order valence-electron chi connectivity index (χ0n) is 12.3. The fourth-order valence-corrected chi connectivity index (χ4v) is 1.70. The van der Waals surface area contributed by atoms with Crippen LogP contribution in [0.2, 0.25) is 0 Å². The van der Waals surface area contributed by atoms with Gasteiger partial charge in [0.15, 0.2) is 0 Å². The van der Waals surface area contributed by atoms with E-state index >= 15 is 0 Å². The second-order valence-electron chi connectivity index (χ2n) is 5.04. The lowest BCUT2D eigenvalue weighted by Crippen LogP contribution is -2.46. The number of ether oxygens (including phenoxy) is 1. The average Bonchev–Trinajstić information content (AvgIpc) is 2.38. The molecular weight excluding hydrogens is 264 g/mol. The number of methoxy groups -OCH3 is 1. The summed E-state index contributed by atoms with van der Waals surface area (Å²) in [5.41, 5.74) is 5.71. The Bertz CT molecular complexity index is 344. The van der Waals surface area contributed by atoms with E-state index in [9.17, 15) is 14.4 Å². The van der Waals surface area contributed by atoms with Gasteiger partial charge in [-0.2, -0.15) is 0 Å². The van der Waals surface area contributed by atoms with Gasteiger partial charge in [-0.3, -0.25) is 14.4 Å². The molecule has 0 fully saturated rings. The van der Waals surface area contributed by atoms with Crippen molar-refractivity contribution in [3.8, 4) is 0 Å². The minimum Gasteiger partial charge on any atom is -0.481 e. The van der Waals surface area contributed by atoms with E-state index in [-0.39, 0.29) is 37.6 Å². The third-order valence-corrected chi connectivity index (χ3v) is 2.70. The molecule has 0 aromatic rings. The van der Waals surface area contributed by atoms with Gasteiger partial charge in [-0.05, 0) is 12.3 Å². The van der Waals surface area contributed by atoms with E-state index in [4.69, 9.17) is 10.8 Å². The number of esters is 1. The number of carboxylic acid groups (broad SMARTS) is 1. The molecule has 1 atom stereocenters. The Morgan fingerprint density at radius 2 is 1.85 bits per heavy atom. The van der Waals surface area contributed by atoms with Crippen LogP contribution >= 0.6 is 0 Å². The molecule has 0 aromatic heterocycles. The third kappa shape index (κ3) is 7.73. The number of carbonyl (C=O) groups excluding carboxylic acids is 2. The molecule has 0 aliphatic heterocycles. The van der Waals surface area contributed by atoms with E-state index < -0.39 is 18.0 Å². The standard InChI is InChI=1S/C13H24N2O5/c1-9(2)8-15(7-6-12(18)20-3)13(19)10(14)4-5-11(16)17/h9-10H,4-8,14H2,1-3H3,(H,16,17). The minimum atomic E-state index is -0.988. The summed E-state index contributed by atoms with van der Waals surface area (Å²) in [5.74, 6) is -1.49. The molecular formula is C13H24N2O5. The number of hydrogen-bond donors (Lipinski definition) is 2. The molecule has 7 heteroatoms. The van der Waals surface area contributed by atoms with Crippen LogP contribution in [-0.4, -0.2) is 54.1 Å². The number of aliphatic carboxylic acids is 1. The molecule has 0 heterocycles. The van der Waals surface area contributed by atoms with Gasteiger partial charge in [0.2, 0.25) is 5.91 Å². The van der Waals surface area contributed by atoms with Gasteiger partial charge in [0, 0.05) is 19.5 Å². The Hall–Kier alpha value is -1.63. The molecule has 116 valence electrons. The lowest BCUT2D eigenvalue weighted by Gasteiger charge is -2.27. The van der Waals surface area contributed by atoms with E-state index in [0.717, 1.165) is 0 Å². The van der Waals surface area contributed by atoms with Crippen LogP contribution in [0.5, 0.6) is 0 Å². The zero-order chi connectivity index (χ0) is 15.7. The van der Waals surface area contributed by atoms with Gasteiger partial charge in [-0.1, -0.05) is 13.8 Å². The van der Waals surface area contributed by atoms with Crippen LogP contribution in [0, 0.1) is 5.92 Å². The van der Waals surface area contributed by atoms with Gasteiger partial charge in [0.05, 0.1) is 19.6 Å². The van der Waals surface area contributed by atoms with Crippen molar-refractivity contribution in [2.75, 3.05) is 20.2 Å². The lowest BCUT2D eigenvalue weighted by atomic mass is 10.1. The SMILES string of the molecule is COC(=O)CCN(CC(C)C)C(=O)C(N)CCC(=O)O. The summed E-state index contributed by atoms with van der Waals surface area (Å²) >= 11 is 0. The molecule has 0 spiro atoms. The number of nitrogens with zero attached hydrogens (tertiary/aromatic N) is 1. The zero-order valence-corrected chi connectivity index (χ0v) is 12.3. The Balaban J connectivity index is 4.53. The van der Waals surface area contributed by atoms with Crippen LogP contribution < -0.4 is 5.73 Å². The summed E-state index contributed by atoms with van der Waals surface area (Å²) in [5, 5.41) is 8.59. The van der Waals surface area contributed by atoms with Gasteiger partial charge in [-0.15, -0.1) is 0 Å². The van der Waals surface area contributed by atoms with Gasteiger partial charge in [-0.25, -0.2) is 0 Å².